The molecule has 3 aromatic rings. The van der Waals surface area contributed by atoms with Gasteiger partial charge in [0.1, 0.15) is 17.3 Å². The molecular weight excluding hydrogens is 396 g/mol. The van der Waals surface area contributed by atoms with Gasteiger partial charge in [0.15, 0.2) is 5.65 Å². The van der Waals surface area contributed by atoms with Crippen LogP contribution >= 0.6 is 0 Å². The third kappa shape index (κ3) is 3.91. The number of urea groups is 1. The first-order valence-corrected chi connectivity index (χ1v) is 10.1. The van der Waals surface area contributed by atoms with Crippen molar-refractivity contribution in [2.45, 2.75) is 38.8 Å². The van der Waals surface area contributed by atoms with Crippen molar-refractivity contribution in [3.8, 4) is 0 Å². The molecule has 31 heavy (non-hydrogen) atoms. The van der Waals surface area contributed by atoms with Gasteiger partial charge in [-0.1, -0.05) is 6.07 Å². The number of aryl methyl sites for hydroxylation is 1. The molecule has 3 aromatic heterocycles. The van der Waals surface area contributed by atoms with Crippen LogP contribution < -0.4 is 21.3 Å². The molecule has 1 atom stereocenters. The highest BCUT2D eigenvalue weighted by Crippen LogP contribution is 2.28. The van der Waals surface area contributed by atoms with Crippen LogP contribution in [0.1, 0.15) is 42.6 Å². The van der Waals surface area contributed by atoms with Gasteiger partial charge in [-0.3, -0.25) is 15.1 Å². The van der Waals surface area contributed by atoms with Gasteiger partial charge in [0.25, 0.3) is 5.91 Å². The SMILES string of the molecule is Cc1ccc(C(C)Nc2cc(NC3CC3)n3ncc(/C=C4\NC(=O)NC4=O)c3n2)nc1. The molecule has 1 aliphatic heterocycles. The van der Waals surface area contributed by atoms with E-state index >= 15 is 0 Å². The van der Waals surface area contributed by atoms with Crippen LogP contribution in [0.4, 0.5) is 16.4 Å². The van der Waals surface area contributed by atoms with Gasteiger partial charge < -0.3 is 16.0 Å². The van der Waals surface area contributed by atoms with Gasteiger partial charge in [0.05, 0.1) is 17.9 Å². The molecule has 2 aliphatic rings. The Bertz CT molecular complexity index is 1210. The van der Waals surface area contributed by atoms with Crippen LogP contribution in [0.2, 0.25) is 0 Å². The molecule has 4 heterocycles. The predicted molar refractivity (Wildman–Crippen MR) is 115 cm³/mol. The Morgan fingerprint density at radius 1 is 1.23 bits per heavy atom. The van der Waals surface area contributed by atoms with Crippen LogP contribution in [0, 0.1) is 6.92 Å². The standard InChI is InChI=1S/C21H22N8O2/c1-11-3-6-15(22-9-11)12(2)24-17-8-18(25-14-4-5-14)29-19(27-17)13(10-23-29)7-16-20(30)28-21(31)26-16/h3,6-10,12,14,25H,4-5H2,1-2H3,(H,24,27)(H2,26,28,30,31)/b16-7-. The number of rotatable bonds is 6. The lowest BCUT2D eigenvalue weighted by atomic mass is 10.2. The highest BCUT2D eigenvalue weighted by atomic mass is 16.2. The zero-order chi connectivity index (χ0) is 21.5. The third-order valence-corrected chi connectivity index (χ3v) is 5.19. The van der Waals surface area contributed by atoms with E-state index in [1.807, 2.05) is 38.2 Å². The van der Waals surface area contributed by atoms with Crippen molar-refractivity contribution in [1.82, 2.24) is 30.2 Å². The normalized spacial score (nSPS) is 18.2. The van der Waals surface area contributed by atoms with Crippen LogP contribution in [0.3, 0.4) is 0 Å². The number of hydrogen-bond donors (Lipinski definition) is 4. The summed E-state index contributed by atoms with van der Waals surface area (Å²) in [5, 5.41) is 16.0. The first kappa shape index (κ1) is 19.0. The van der Waals surface area contributed by atoms with E-state index in [4.69, 9.17) is 4.98 Å². The number of anilines is 2. The molecule has 0 aromatic carbocycles. The Morgan fingerprint density at radius 2 is 2.06 bits per heavy atom. The smallest absolute Gasteiger partial charge is 0.326 e. The summed E-state index contributed by atoms with van der Waals surface area (Å²) in [6.45, 7) is 4.03. The lowest BCUT2D eigenvalue weighted by Crippen LogP contribution is -2.22. The second-order valence-corrected chi connectivity index (χ2v) is 7.87. The monoisotopic (exact) mass is 418 g/mol. The quantitative estimate of drug-likeness (QED) is 0.358. The van der Waals surface area contributed by atoms with Crippen LogP contribution in [0.15, 0.2) is 36.3 Å². The number of fused-ring (bicyclic) bond motifs is 1. The number of pyridine rings is 1. The Kier molecular flexibility index (Phi) is 4.54. The van der Waals surface area contributed by atoms with E-state index in [9.17, 15) is 9.59 Å². The highest BCUT2D eigenvalue weighted by molar-refractivity contribution is 6.14. The first-order valence-electron chi connectivity index (χ1n) is 10.1. The van der Waals surface area contributed by atoms with Gasteiger partial charge in [-0.25, -0.2) is 9.78 Å². The van der Waals surface area contributed by atoms with Gasteiger partial charge in [-0.05, 0) is 44.4 Å². The summed E-state index contributed by atoms with van der Waals surface area (Å²) in [5.41, 5.74) is 3.36. The Hall–Kier alpha value is -3.95. The van der Waals surface area contributed by atoms with E-state index < -0.39 is 11.9 Å². The van der Waals surface area contributed by atoms with Gasteiger partial charge in [0.2, 0.25) is 0 Å². The number of aromatic nitrogens is 4. The largest absolute Gasteiger partial charge is 0.367 e. The van der Waals surface area contributed by atoms with Crippen molar-refractivity contribution in [1.29, 1.82) is 0 Å². The Balaban J connectivity index is 1.52. The molecule has 4 N–H and O–H groups in total. The third-order valence-electron chi connectivity index (χ3n) is 5.19. The summed E-state index contributed by atoms with van der Waals surface area (Å²) in [4.78, 5) is 32.6. The number of nitrogens with one attached hydrogen (secondary N) is 4. The number of nitrogens with zero attached hydrogens (tertiary/aromatic N) is 4. The lowest BCUT2D eigenvalue weighted by Gasteiger charge is -2.16. The molecule has 10 heteroatoms. The molecule has 0 radical (unpaired) electrons. The molecule has 1 unspecified atom stereocenters. The number of amides is 3. The van der Waals surface area contributed by atoms with Gasteiger partial charge >= 0.3 is 6.03 Å². The topological polar surface area (TPSA) is 125 Å². The fraction of sp³-hybridized carbons (Fsp3) is 0.286. The highest BCUT2D eigenvalue weighted by Gasteiger charge is 2.25. The van der Waals surface area contributed by atoms with Gasteiger partial charge in [0, 0.05) is 23.9 Å². The summed E-state index contributed by atoms with van der Waals surface area (Å²) in [6.07, 6.45) is 7.26. The molecule has 1 aliphatic carbocycles. The fourth-order valence-electron chi connectivity index (χ4n) is 3.36. The second kappa shape index (κ2) is 7.38. The summed E-state index contributed by atoms with van der Waals surface area (Å²) < 4.78 is 1.71. The average molecular weight is 418 g/mol. The summed E-state index contributed by atoms with van der Waals surface area (Å²) in [6, 6.07) is 5.75. The van der Waals surface area contributed by atoms with E-state index in [0.29, 0.717) is 23.1 Å². The summed E-state index contributed by atoms with van der Waals surface area (Å²) >= 11 is 0. The van der Waals surface area contributed by atoms with Crippen molar-refractivity contribution in [3.63, 3.8) is 0 Å². The molecule has 0 bridgehead atoms. The molecular formula is C21H22N8O2. The van der Waals surface area contributed by atoms with E-state index in [-0.39, 0.29) is 11.7 Å². The molecule has 1 saturated heterocycles. The van der Waals surface area contributed by atoms with Gasteiger partial charge in [-0.15, -0.1) is 0 Å². The van der Waals surface area contributed by atoms with E-state index in [1.165, 1.54) is 0 Å². The van der Waals surface area contributed by atoms with Crippen molar-refractivity contribution in [2.24, 2.45) is 0 Å². The maximum atomic E-state index is 11.9. The van der Waals surface area contributed by atoms with Crippen molar-refractivity contribution in [3.05, 3.63) is 53.1 Å². The van der Waals surface area contributed by atoms with Gasteiger partial charge in [-0.2, -0.15) is 9.61 Å². The van der Waals surface area contributed by atoms with Crippen molar-refractivity contribution in [2.75, 3.05) is 10.6 Å². The van der Waals surface area contributed by atoms with Crippen LogP contribution in [-0.4, -0.2) is 37.6 Å². The molecule has 1 saturated carbocycles. The second-order valence-electron chi connectivity index (χ2n) is 7.87. The summed E-state index contributed by atoms with van der Waals surface area (Å²) in [7, 11) is 0. The minimum absolute atomic E-state index is 0.0612. The Morgan fingerprint density at radius 3 is 2.74 bits per heavy atom. The zero-order valence-electron chi connectivity index (χ0n) is 17.1. The summed E-state index contributed by atoms with van der Waals surface area (Å²) in [5.74, 6) is 0.989. The number of imide groups is 1. The fourth-order valence-corrected chi connectivity index (χ4v) is 3.36. The molecule has 5 rings (SSSR count). The molecule has 2 fully saturated rings. The van der Waals surface area contributed by atoms with E-state index in [1.54, 1.807) is 16.8 Å². The minimum Gasteiger partial charge on any atom is -0.367 e. The van der Waals surface area contributed by atoms with Crippen LogP contribution in [0.5, 0.6) is 0 Å². The maximum absolute atomic E-state index is 11.9. The lowest BCUT2D eigenvalue weighted by molar-refractivity contribution is -0.115. The van der Waals surface area contributed by atoms with E-state index in [2.05, 4.69) is 31.3 Å². The number of hydrogen-bond acceptors (Lipinski definition) is 7. The molecule has 0 spiro atoms. The van der Waals surface area contributed by atoms with E-state index in [0.717, 1.165) is 29.9 Å². The predicted octanol–water partition coefficient (Wildman–Crippen LogP) is 2.36. The maximum Gasteiger partial charge on any atom is 0.326 e. The number of carbonyl (C=O) groups excluding carboxylic acids is 2. The number of carbonyl (C=O) groups is 2. The minimum atomic E-state index is -0.543. The van der Waals surface area contributed by atoms with Crippen LogP contribution in [-0.2, 0) is 4.79 Å². The van der Waals surface area contributed by atoms with Crippen molar-refractivity contribution < 1.29 is 9.59 Å². The van der Waals surface area contributed by atoms with Crippen LogP contribution in [0.25, 0.3) is 11.7 Å². The molecule has 10 nitrogen and oxygen atoms in total. The van der Waals surface area contributed by atoms with Crippen molar-refractivity contribution >= 4 is 35.3 Å². The Labute approximate surface area is 178 Å². The average Bonchev–Trinajstić information content (AvgIpc) is 3.37. The zero-order valence-corrected chi connectivity index (χ0v) is 17.1. The first-order chi connectivity index (χ1) is 15.0. The molecule has 158 valence electrons. The molecule has 3 amide bonds.